The molecule has 0 fully saturated rings. The lowest BCUT2D eigenvalue weighted by Crippen LogP contribution is -2.35. The second kappa shape index (κ2) is 6.97. The van der Waals surface area contributed by atoms with Gasteiger partial charge < -0.3 is 15.1 Å². The Bertz CT molecular complexity index is 1160. The molecule has 0 saturated heterocycles. The van der Waals surface area contributed by atoms with Gasteiger partial charge in [0.05, 0.1) is 16.7 Å². The minimum Gasteiger partial charge on any atom is -0.446 e. The van der Waals surface area contributed by atoms with Crippen molar-refractivity contribution in [3.63, 3.8) is 0 Å². The molecule has 0 aliphatic carbocycles. The molecule has 0 bridgehead atoms. The predicted octanol–water partition coefficient (Wildman–Crippen LogP) is 4.18. The highest BCUT2D eigenvalue weighted by molar-refractivity contribution is 7.92. The zero-order valence-electron chi connectivity index (χ0n) is 14.8. The maximum atomic E-state index is 12.7. The van der Waals surface area contributed by atoms with Crippen LogP contribution in [-0.2, 0) is 10.0 Å². The van der Waals surface area contributed by atoms with Crippen molar-refractivity contribution in [3.8, 4) is 0 Å². The van der Waals surface area contributed by atoms with Gasteiger partial charge in [-0.15, -0.1) is 0 Å². The number of anilines is 2. The molecule has 2 heterocycles. The molecule has 144 valence electrons. The van der Waals surface area contributed by atoms with E-state index in [1.807, 2.05) is 0 Å². The normalized spacial score (nSPS) is 16.1. The fourth-order valence-electron chi connectivity index (χ4n) is 3.00. The van der Waals surface area contributed by atoms with Crippen LogP contribution in [0.4, 0.5) is 17.3 Å². The van der Waals surface area contributed by atoms with E-state index in [0.717, 1.165) is 11.3 Å². The maximum Gasteiger partial charge on any atom is 0.262 e. The number of aliphatic imine (C=N–C) groups is 1. The van der Waals surface area contributed by atoms with E-state index in [-0.39, 0.29) is 4.90 Å². The molecule has 1 unspecified atom stereocenters. The molecule has 28 heavy (non-hydrogen) atoms. The second-order valence-electron chi connectivity index (χ2n) is 6.29. The lowest BCUT2D eigenvalue weighted by atomic mass is 10.2. The number of sulfonamides is 1. The van der Waals surface area contributed by atoms with Crippen molar-refractivity contribution in [2.75, 3.05) is 9.62 Å². The first-order valence-corrected chi connectivity index (χ1v) is 10.3. The number of nitrogens with zero attached hydrogens (tertiary/aromatic N) is 2. The van der Waals surface area contributed by atoms with Crippen molar-refractivity contribution in [1.82, 2.24) is 0 Å². The summed E-state index contributed by atoms with van der Waals surface area (Å²) in [4.78, 5) is 6.15. The molecule has 4 rings (SSSR count). The van der Waals surface area contributed by atoms with Crippen molar-refractivity contribution in [1.29, 1.82) is 0 Å². The summed E-state index contributed by atoms with van der Waals surface area (Å²) in [7, 11) is -3.76. The molecule has 0 radical (unpaired) electrons. The number of nitrogens with two attached hydrogens (primary N) is 1. The lowest BCUT2D eigenvalue weighted by molar-refractivity contribution is 0.567. The average molecular weight is 417 g/mol. The van der Waals surface area contributed by atoms with E-state index >= 15 is 0 Å². The fourth-order valence-corrected chi connectivity index (χ4v) is 4.55. The van der Waals surface area contributed by atoms with Gasteiger partial charge in [-0.1, -0.05) is 17.7 Å². The minimum absolute atomic E-state index is 0.141. The SMILES string of the molecule is Cc1c(Cl)cccc1S(=O)(=O)Nc1ccc(N2C=Nc3occc3C2N)cc1. The van der Waals surface area contributed by atoms with Gasteiger partial charge in [0.1, 0.15) is 12.5 Å². The second-order valence-corrected chi connectivity index (χ2v) is 8.35. The Morgan fingerprint density at radius 1 is 1.18 bits per heavy atom. The minimum atomic E-state index is -3.76. The van der Waals surface area contributed by atoms with E-state index in [4.69, 9.17) is 21.8 Å². The highest BCUT2D eigenvalue weighted by Crippen LogP contribution is 2.34. The van der Waals surface area contributed by atoms with E-state index in [2.05, 4.69) is 9.71 Å². The first-order valence-electron chi connectivity index (χ1n) is 8.40. The summed E-state index contributed by atoms with van der Waals surface area (Å²) in [6.07, 6.45) is 2.69. The molecule has 2 aromatic carbocycles. The summed E-state index contributed by atoms with van der Waals surface area (Å²) < 4.78 is 33.2. The van der Waals surface area contributed by atoms with Gasteiger partial charge in [-0.05, 0) is 55.0 Å². The smallest absolute Gasteiger partial charge is 0.262 e. The average Bonchev–Trinajstić information content (AvgIpc) is 3.14. The third kappa shape index (κ3) is 3.26. The van der Waals surface area contributed by atoms with Gasteiger partial charge in [0.15, 0.2) is 0 Å². The van der Waals surface area contributed by atoms with Crippen LogP contribution in [0.15, 0.2) is 69.1 Å². The third-order valence-electron chi connectivity index (χ3n) is 4.52. The van der Waals surface area contributed by atoms with Gasteiger partial charge in [-0.3, -0.25) is 4.72 Å². The molecule has 3 N–H and O–H groups in total. The molecular formula is C19H17ClN4O3S. The number of hydrogen-bond donors (Lipinski definition) is 2. The highest BCUT2D eigenvalue weighted by Gasteiger charge is 2.24. The Hall–Kier alpha value is -2.81. The number of halogens is 1. The Morgan fingerprint density at radius 2 is 1.93 bits per heavy atom. The first-order chi connectivity index (χ1) is 13.4. The highest BCUT2D eigenvalue weighted by atomic mass is 35.5. The molecule has 1 aromatic heterocycles. The first kappa shape index (κ1) is 18.5. The van der Waals surface area contributed by atoms with Gasteiger partial charge in [0, 0.05) is 16.4 Å². The van der Waals surface area contributed by atoms with Crippen molar-refractivity contribution >= 4 is 45.2 Å². The molecule has 0 amide bonds. The van der Waals surface area contributed by atoms with Crippen molar-refractivity contribution in [3.05, 3.63) is 70.9 Å². The van der Waals surface area contributed by atoms with Crippen LogP contribution in [0, 0.1) is 6.92 Å². The zero-order chi connectivity index (χ0) is 19.9. The van der Waals surface area contributed by atoms with Crippen molar-refractivity contribution in [2.45, 2.75) is 18.0 Å². The van der Waals surface area contributed by atoms with Crippen LogP contribution in [0.3, 0.4) is 0 Å². The van der Waals surface area contributed by atoms with Gasteiger partial charge in [-0.25, -0.2) is 13.4 Å². The van der Waals surface area contributed by atoms with E-state index < -0.39 is 16.2 Å². The summed E-state index contributed by atoms with van der Waals surface area (Å²) in [5.41, 5.74) is 8.74. The molecule has 7 nitrogen and oxygen atoms in total. The number of rotatable bonds is 4. The topological polar surface area (TPSA) is 101 Å². The summed E-state index contributed by atoms with van der Waals surface area (Å²) in [5, 5.41) is 0.398. The molecule has 1 atom stereocenters. The molecule has 0 saturated carbocycles. The van der Waals surface area contributed by atoms with Crippen LogP contribution in [0.25, 0.3) is 0 Å². The van der Waals surface area contributed by atoms with E-state index in [0.29, 0.717) is 22.2 Å². The molecule has 1 aliphatic heterocycles. The number of benzene rings is 2. The van der Waals surface area contributed by atoms with E-state index in [1.165, 1.54) is 6.07 Å². The third-order valence-corrected chi connectivity index (χ3v) is 6.45. The molecule has 1 aliphatic rings. The number of hydrogen-bond acceptors (Lipinski definition) is 6. The number of fused-ring (bicyclic) bond motifs is 1. The van der Waals surface area contributed by atoms with Gasteiger partial charge in [0.25, 0.3) is 10.0 Å². The fraction of sp³-hybridized carbons (Fsp3) is 0.105. The summed E-state index contributed by atoms with van der Waals surface area (Å²) in [6.45, 7) is 1.67. The standard InChI is InChI=1S/C19H17ClN4O3S/c1-12-16(20)3-2-4-17(12)28(25,26)23-13-5-7-14(8-6-13)24-11-22-19-15(18(24)21)9-10-27-19/h2-11,18,23H,21H2,1H3. The molecule has 0 spiro atoms. The quantitative estimate of drug-likeness (QED) is 0.664. The maximum absolute atomic E-state index is 12.7. The van der Waals surface area contributed by atoms with Gasteiger partial charge in [-0.2, -0.15) is 0 Å². The van der Waals surface area contributed by atoms with Crippen LogP contribution in [0.1, 0.15) is 17.3 Å². The van der Waals surface area contributed by atoms with Crippen LogP contribution in [0.5, 0.6) is 0 Å². The summed E-state index contributed by atoms with van der Waals surface area (Å²) in [6, 6.07) is 13.4. The molecular weight excluding hydrogens is 400 g/mol. The van der Waals surface area contributed by atoms with Crippen molar-refractivity contribution < 1.29 is 12.8 Å². The Labute approximate surface area is 167 Å². The van der Waals surface area contributed by atoms with Gasteiger partial charge in [0.2, 0.25) is 5.88 Å². The molecule has 9 heteroatoms. The molecule has 3 aromatic rings. The summed E-state index contributed by atoms with van der Waals surface area (Å²) >= 11 is 6.04. The Morgan fingerprint density at radius 3 is 2.68 bits per heavy atom. The van der Waals surface area contributed by atoms with Crippen LogP contribution >= 0.6 is 11.6 Å². The Kier molecular flexibility index (Phi) is 4.62. The van der Waals surface area contributed by atoms with Gasteiger partial charge >= 0.3 is 0 Å². The Balaban J connectivity index is 1.56. The predicted molar refractivity (Wildman–Crippen MR) is 110 cm³/mol. The monoisotopic (exact) mass is 416 g/mol. The lowest BCUT2D eigenvalue weighted by Gasteiger charge is -2.29. The van der Waals surface area contributed by atoms with Crippen LogP contribution in [-0.4, -0.2) is 14.8 Å². The van der Waals surface area contributed by atoms with Crippen LogP contribution < -0.4 is 15.4 Å². The largest absolute Gasteiger partial charge is 0.446 e. The number of nitrogens with one attached hydrogen (secondary N) is 1. The van der Waals surface area contributed by atoms with E-state index in [1.54, 1.807) is 66.9 Å². The van der Waals surface area contributed by atoms with E-state index in [9.17, 15) is 8.42 Å². The zero-order valence-corrected chi connectivity index (χ0v) is 16.4. The van der Waals surface area contributed by atoms with Crippen LogP contribution in [0.2, 0.25) is 5.02 Å². The van der Waals surface area contributed by atoms with Crippen molar-refractivity contribution in [2.24, 2.45) is 10.7 Å². The summed E-state index contributed by atoms with van der Waals surface area (Å²) in [5.74, 6) is 0.491. The number of furan rings is 1.